The summed E-state index contributed by atoms with van der Waals surface area (Å²) in [5.74, 6) is 0. The molecule has 59 valence electrons. The van der Waals surface area contributed by atoms with Crippen LogP contribution in [0.4, 0.5) is 0 Å². The zero-order chi connectivity index (χ0) is 7.84. The van der Waals surface area contributed by atoms with E-state index in [4.69, 9.17) is 4.65 Å². The molecule has 0 spiro atoms. The van der Waals surface area contributed by atoms with Crippen LogP contribution in [0.1, 0.15) is 11.1 Å². The molecule has 0 aromatic heterocycles. The largest absolute Gasteiger partial charge is 0.478 e. The van der Waals surface area contributed by atoms with Crippen LogP contribution in [-0.4, -0.2) is 12.1 Å². The smallest absolute Gasteiger partial charge is 0.424 e. The van der Waals surface area contributed by atoms with Gasteiger partial charge in [0, 0.05) is 32.7 Å². The van der Waals surface area contributed by atoms with Crippen LogP contribution in [0.3, 0.4) is 0 Å². The minimum atomic E-state index is -0.744. The van der Waals surface area contributed by atoms with Crippen molar-refractivity contribution in [2.75, 3.05) is 0 Å². The molecule has 1 radical (unpaired) electrons. The van der Waals surface area contributed by atoms with Crippen molar-refractivity contribution in [3.63, 3.8) is 0 Å². The Morgan fingerprint density at radius 1 is 1.50 bits per heavy atom. The Kier molecular flexibility index (Phi) is 3.36. The molecule has 1 heterocycles. The molecule has 4 heteroatoms. The predicted molar refractivity (Wildman–Crippen MR) is 43.3 cm³/mol. The van der Waals surface area contributed by atoms with Gasteiger partial charge in [-0.2, -0.15) is 24.6 Å². The molecule has 0 unspecified atom stereocenters. The molecular weight excluding hydrogens is 228 g/mol. The topological polar surface area (TPSA) is 29.5 Å². The molecule has 2 nitrogen and oxygen atoms in total. The Bertz CT molecular complexity index is 290. The Morgan fingerprint density at radius 2 is 2.25 bits per heavy atom. The summed E-state index contributed by atoms with van der Waals surface area (Å²) in [6.07, 6.45) is 0. The average molecular weight is 236 g/mol. The minimum Gasteiger partial charge on any atom is -0.424 e. The quantitative estimate of drug-likeness (QED) is 0.510. The first-order valence-electron chi connectivity index (χ1n) is 3.52. The first kappa shape index (κ1) is 10.3. The Morgan fingerprint density at radius 3 is 3.00 bits per heavy atom. The molecule has 12 heavy (non-hydrogen) atoms. The van der Waals surface area contributed by atoms with Gasteiger partial charge in [0.2, 0.25) is 0 Å². The predicted octanol–water partition coefficient (Wildman–Crippen LogP) is 0.0840. The molecule has 0 fully saturated rings. The van der Waals surface area contributed by atoms with Gasteiger partial charge in [0.1, 0.15) is 0 Å². The molecule has 1 aliphatic heterocycles. The fraction of sp³-hybridized carbons (Fsp3) is 0.125. The van der Waals surface area contributed by atoms with E-state index >= 15 is 0 Å². The monoisotopic (exact) mass is 236 g/mol. The van der Waals surface area contributed by atoms with E-state index in [1.54, 1.807) is 0 Å². The van der Waals surface area contributed by atoms with Crippen LogP contribution in [0.25, 0.3) is 0 Å². The molecule has 0 bridgehead atoms. The van der Waals surface area contributed by atoms with Crippen molar-refractivity contribution < 1.29 is 42.4 Å². The van der Waals surface area contributed by atoms with Gasteiger partial charge in [-0.05, 0) is 5.56 Å². The Hall–Kier alpha value is 0.179. The summed E-state index contributed by atoms with van der Waals surface area (Å²) in [6.45, 7) is 4.28. The molecule has 1 N–H and O–H groups in total. The van der Waals surface area contributed by atoms with Gasteiger partial charge < -0.3 is 9.68 Å². The van der Waals surface area contributed by atoms with Gasteiger partial charge >= 0.3 is 7.12 Å². The zero-order valence-corrected chi connectivity index (χ0v) is 9.49. The van der Waals surface area contributed by atoms with E-state index in [2.05, 4.69) is 6.92 Å². The van der Waals surface area contributed by atoms with Gasteiger partial charge in [-0.1, -0.05) is 5.46 Å². The van der Waals surface area contributed by atoms with Gasteiger partial charge in [0.25, 0.3) is 0 Å². The van der Waals surface area contributed by atoms with Gasteiger partial charge in [-0.25, -0.2) is 0 Å². The fourth-order valence-electron chi connectivity index (χ4n) is 1.26. The normalized spacial score (nSPS) is 13.9. The summed E-state index contributed by atoms with van der Waals surface area (Å²) in [5, 5.41) is 9.26. The molecule has 0 saturated heterocycles. The molecule has 1 aliphatic rings. The maximum Gasteiger partial charge on any atom is 0.478 e. The second-order valence-corrected chi connectivity index (χ2v) is 2.70. The Labute approximate surface area is 97.3 Å². The van der Waals surface area contributed by atoms with Gasteiger partial charge in [0.05, 0.1) is 6.61 Å². The van der Waals surface area contributed by atoms with E-state index < -0.39 is 7.12 Å². The third kappa shape index (κ3) is 1.74. The van der Waals surface area contributed by atoms with Crippen molar-refractivity contribution in [3.8, 4) is 0 Å². The van der Waals surface area contributed by atoms with E-state index in [1.807, 2.05) is 18.2 Å². The second-order valence-electron chi connectivity index (χ2n) is 2.70. The first-order valence-corrected chi connectivity index (χ1v) is 3.52. The van der Waals surface area contributed by atoms with Crippen molar-refractivity contribution in [2.45, 2.75) is 6.61 Å². The summed E-state index contributed by atoms with van der Waals surface area (Å²) in [4.78, 5) is 0. The number of hydrogen-bond acceptors (Lipinski definition) is 2. The van der Waals surface area contributed by atoms with E-state index in [1.165, 1.54) is 0 Å². The number of benzene rings is 1. The van der Waals surface area contributed by atoms with E-state index in [9.17, 15) is 5.02 Å². The van der Waals surface area contributed by atoms with Crippen molar-refractivity contribution >= 4 is 12.6 Å². The van der Waals surface area contributed by atoms with E-state index in [-0.39, 0.29) is 32.7 Å². The van der Waals surface area contributed by atoms with Crippen LogP contribution >= 0.6 is 0 Å². The van der Waals surface area contributed by atoms with Crippen LogP contribution in [0.15, 0.2) is 18.2 Å². The summed E-state index contributed by atoms with van der Waals surface area (Å²) in [7, 11) is -0.744. The summed E-state index contributed by atoms with van der Waals surface area (Å²) < 4.78 is 5.01. The molecular formula is C8H8BO2Y-. The van der Waals surface area contributed by atoms with Crippen molar-refractivity contribution in [3.05, 3.63) is 36.2 Å². The van der Waals surface area contributed by atoms with E-state index in [0.717, 1.165) is 16.6 Å². The third-order valence-electron chi connectivity index (χ3n) is 1.87. The van der Waals surface area contributed by atoms with Gasteiger partial charge in [-0.15, -0.1) is 6.07 Å². The van der Waals surface area contributed by atoms with Crippen molar-refractivity contribution in [1.82, 2.24) is 0 Å². The average Bonchev–Trinajstić information content (AvgIpc) is 2.33. The maximum atomic E-state index is 9.26. The summed E-state index contributed by atoms with van der Waals surface area (Å²) >= 11 is 0. The molecule has 0 aliphatic carbocycles. The van der Waals surface area contributed by atoms with E-state index in [0.29, 0.717) is 6.61 Å². The van der Waals surface area contributed by atoms with Crippen LogP contribution < -0.4 is 5.46 Å². The number of fused-ring (bicyclic) bond motifs is 1. The standard InChI is InChI=1S/C8H8BO2.Y/c1-6-2-3-7-5-11-9(10)8(7)4-6;/h2-4,10H,1,5H2;/q-1;. The van der Waals surface area contributed by atoms with Crippen LogP contribution in [-0.2, 0) is 44.0 Å². The molecule has 1 aromatic carbocycles. The fourth-order valence-corrected chi connectivity index (χ4v) is 1.26. The third-order valence-corrected chi connectivity index (χ3v) is 1.87. The van der Waals surface area contributed by atoms with Crippen molar-refractivity contribution in [1.29, 1.82) is 0 Å². The first-order chi connectivity index (χ1) is 5.27. The molecule has 2 rings (SSSR count). The van der Waals surface area contributed by atoms with Gasteiger partial charge in [0.15, 0.2) is 0 Å². The number of hydrogen-bond donors (Lipinski definition) is 1. The van der Waals surface area contributed by atoms with Gasteiger partial charge in [-0.3, -0.25) is 0 Å². The van der Waals surface area contributed by atoms with Crippen LogP contribution in [0.2, 0.25) is 0 Å². The molecule has 0 amide bonds. The summed E-state index contributed by atoms with van der Waals surface area (Å²) in [6, 6.07) is 5.71. The molecule has 1 aromatic rings. The minimum absolute atomic E-state index is 0. The second kappa shape index (κ2) is 3.92. The van der Waals surface area contributed by atoms with Crippen LogP contribution in [0, 0.1) is 6.92 Å². The van der Waals surface area contributed by atoms with Crippen LogP contribution in [0.5, 0.6) is 0 Å². The Balaban J connectivity index is 0.000000720. The SMILES string of the molecule is [CH2-]c1ccc2c(c1)B(O)OC2.[Y]. The number of rotatable bonds is 0. The molecule has 0 atom stereocenters. The van der Waals surface area contributed by atoms with Crippen molar-refractivity contribution in [2.24, 2.45) is 0 Å². The molecule has 0 saturated carbocycles. The zero-order valence-electron chi connectivity index (χ0n) is 6.66. The maximum absolute atomic E-state index is 9.26. The summed E-state index contributed by atoms with van der Waals surface area (Å²) in [5.41, 5.74) is 2.83.